The van der Waals surface area contributed by atoms with E-state index in [-0.39, 0.29) is 0 Å². The van der Waals surface area contributed by atoms with E-state index in [0.717, 1.165) is 23.4 Å². The molecule has 20 heavy (non-hydrogen) atoms. The highest BCUT2D eigenvalue weighted by Crippen LogP contribution is 2.47. The highest BCUT2D eigenvalue weighted by atomic mass is 35.5. The summed E-state index contributed by atoms with van der Waals surface area (Å²) in [6, 6.07) is 2.52. The molecule has 108 valence electrons. The molecule has 1 saturated carbocycles. The first-order chi connectivity index (χ1) is 9.54. The van der Waals surface area contributed by atoms with Gasteiger partial charge in [0.2, 0.25) is 0 Å². The molecule has 0 spiro atoms. The Labute approximate surface area is 125 Å². The average molecular weight is 292 g/mol. The third kappa shape index (κ3) is 2.12. The Kier molecular flexibility index (Phi) is 3.49. The summed E-state index contributed by atoms with van der Waals surface area (Å²) in [6.45, 7) is 6.82. The van der Waals surface area contributed by atoms with Crippen molar-refractivity contribution in [1.82, 2.24) is 14.5 Å². The SMILES string of the molecule is Cc1ccnc2c1nc(CCCl)n2C1CCCC1(C)C. The van der Waals surface area contributed by atoms with E-state index in [1.54, 1.807) is 0 Å². The van der Waals surface area contributed by atoms with E-state index in [4.69, 9.17) is 16.6 Å². The van der Waals surface area contributed by atoms with Crippen molar-refractivity contribution in [3.8, 4) is 0 Å². The van der Waals surface area contributed by atoms with Gasteiger partial charge in [0.05, 0.1) is 0 Å². The fourth-order valence-electron chi connectivity index (χ4n) is 3.53. The third-order valence-electron chi connectivity index (χ3n) is 4.68. The lowest BCUT2D eigenvalue weighted by atomic mass is 9.87. The molecule has 3 nitrogen and oxygen atoms in total. The van der Waals surface area contributed by atoms with Crippen LogP contribution in [-0.4, -0.2) is 20.4 Å². The van der Waals surface area contributed by atoms with Gasteiger partial charge in [-0.25, -0.2) is 9.97 Å². The van der Waals surface area contributed by atoms with E-state index in [0.29, 0.717) is 17.3 Å². The molecule has 0 bridgehead atoms. The van der Waals surface area contributed by atoms with Crippen molar-refractivity contribution in [2.45, 2.75) is 52.5 Å². The molecule has 1 aliphatic rings. The normalized spacial score (nSPS) is 21.7. The van der Waals surface area contributed by atoms with Crippen molar-refractivity contribution in [2.75, 3.05) is 5.88 Å². The third-order valence-corrected chi connectivity index (χ3v) is 4.87. The minimum absolute atomic E-state index is 0.306. The van der Waals surface area contributed by atoms with Crippen molar-refractivity contribution >= 4 is 22.8 Å². The number of imidazole rings is 1. The minimum Gasteiger partial charge on any atom is -0.309 e. The first kappa shape index (κ1) is 13.9. The predicted molar refractivity (Wildman–Crippen MR) is 83.4 cm³/mol. The summed E-state index contributed by atoms with van der Waals surface area (Å²) in [6.07, 6.45) is 6.46. The molecular weight excluding hydrogens is 270 g/mol. The van der Waals surface area contributed by atoms with Gasteiger partial charge < -0.3 is 4.57 Å². The maximum Gasteiger partial charge on any atom is 0.160 e. The van der Waals surface area contributed by atoms with E-state index in [2.05, 4.69) is 30.3 Å². The van der Waals surface area contributed by atoms with Gasteiger partial charge in [-0.05, 0) is 36.8 Å². The van der Waals surface area contributed by atoms with E-state index in [1.807, 2.05) is 12.3 Å². The number of aryl methyl sites for hydroxylation is 2. The van der Waals surface area contributed by atoms with E-state index >= 15 is 0 Å². The summed E-state index contributed by atoms with van der Waals surface area (Å²) in [5, 5.41) is 0. The second-order valence-electron chi connectivity index (χ2n) is 6.53. The second kappa shape index (κ2) is 5.03. The van der Waals surface area contributed by atoms with Crippen molar-refractivity contribution in [3.05, 3.63) is 23.7 Å². The van der Waals surface area contributed by atoms with Crippen molar-refractivity contribution in [2.24, 2.45) is 5.41 Å². The Balaban J connectivity index is 2.21. The number of nitrogens with zero attached hydrogens (tertiary/aromatic N) is 3. The fourth-order valence-corrected chi connectivity index (χ4v) is 3.70. The monoisotopic (exact) mass is 291 g/mol. The summed E-state index contributed by atoms with van der Waals surface area (Å²) in [7, 11) is 0. The molecule has 2 aromatic rings. The van der Waals surface area contributed by atoms with Crippen LogP contribution in [-0.2, 0) is 6.42 Å². The Bertz CT molecular complexity index is 630. The van der Waals surface area contributed by atoms with Crippen LogP contribution in [0.3, 0.4) is 0 Å². The minimum atomic E-state index is 0.306. The molecule has 3 rings (SSSR count). The number of fused-ring (bicyclic) bond motifs is 1. The van der Waals surface area contributed by atoms with Gasteiger partial charge in [-0.3, -0.25) is 0 Å². The number of hydrogen-bond donors (Lipinski definition) is 0. The van der Waals surface area contributed by atoms with Crippen LogP contribution < -0.4 is 0 Å². The molecule has 1 fully saturated rings. The molecule has 0 aliphatic heterocycles. The zero-order valence-electron chi connectivity index (χ0n) is 12.5. The summed E-state index contributed by atoms with van der Waals surface area (Å²) in [5.74, 6) is 1.70. The van der Waals surface area contributed by atoms with Crippen LogP contribution >= 0.6 is 11.6 Å². The Morgan fingerprint density at radius 3 is 2.90 bits per heavy atom. The molecule has 1 aliphatic carbocycles. The zero-order valence-corrected chi connectivity index (χ0v) is 13.2. The standard InChI is InChI=1S/C16H22ClN3/c1-11-7-10-18-15-14(11)19-13(6-9-17)20(15)12-5-4-8-16(12,2)3/h7,10,12H,4-6,8-9H2,1-3H3. The molecule has 0 N–H and O–H groups in total. The topological polar surface area (TPSA) is 30.7 Å². The second-order valence-corrected chi connectivity index (χ2v) is 6.91. The first-order valence-corrected chi connectivity index (χ1v) is 7.96. The Morgan fingerprint density at radius 1 is 1.45 bits per heavy atom. The van der Waals surface area contributed by atoms with Gasteiger partial charge in [0.25, 0.3) is 0 Å². The Morgan fingerprint density at radius 2 is 2.25 bits per heavy atom. The van der Waals surface area contributed by atoms with E-state index in [1.165, 1.54) is 24.8 Å². The zero-order chi connectivity index (χ0) is 14.3. The maximum absolute atomic E-state index is 5.98. The first-order valence-electron chi connectivity index (χ1n) is 7.43. The summed E-state index contributed by atoms with van der Waals surface area (Å²) in [4.78, 5) is 9.44. The number of aromatic nitrogens is 3. The van der Waals surface area contributed by atoms with Crippen LogP contribution in [0.5, 0.6) is 0 Å². The highest BCUT2D eigenvalue weighted by Gasteiger charge is 2.37. The molecule has 0 amide bonds. The molecule has 4 heteroatoms. The van der Waals surface area contributed by atoms with Crippen LogP contribution in [0.1, 0.15) is 50.5 Å². The molecule has 1 atom stereocenters. The number of rotatable bonds is 3. The maximum atomic E-state index is 5.98. The highest BCUT2D eigenvalue weighted by molar-refractivity contribution is 6.17. The number of alkyl halides is 1. The van der Waals surface area contributed by atoms with Crippen LogP contribution in [0, 0.1) is 12.3 Å². The quantitative estimate of drug-likeness (QED) is 0.791. The largest absolute Gasteiger partial charge is 0.309 e. The van der Waals surface area contributed by atoms with Gasteiger partial charge in [-0.1, -0.05) is 20.3 Å². The van der Waals surface area contributed by atoms with Gasteiger partial charge in [0, 0.05) is 24.5 Å². The van der Waals surface area contributed by atoms with Gasteiger partial charge in [-0.2, -0.15) is 0 Å². The predicted octanol–water partition coefficient (Wildman–Crippen LogP) is 4.27. The van der Waals surface area contributed by atoms with Crippen molar-refractivity contribution in [1.29, 1.82) is 0 Å². The molecule has 0 saturated heterocycles. The lowest BCUT2D eigenvalue weighted by Crippen LogP contribution is -2.23. The average Bonchev–Trinajstić information content (AvgIpc) is 2.91. The summed E-state index contributed by atoms with van der Waals surface area (Å²) >= 11 is 5.98. The molecule has 2 heterocycles. The fraction of sp³-hybridized carbons (Fsp3) is 0.625. The lowest BCUT2D eigenvalue weighted by Gasteiger charge is -2.29. The number of pyridine rings is 1. The number of hydrogen-bond acceptors (Lipinski definition) is 2. The van der Waals surface area contributed by atoms with Crippen LogP contribution in [0.25, 0.3) is 11.2 Å². The summed E-state index contributed by atoms with van der Waals surface area (Å²) in [5.41, 5.74) is 3.57. The number of halogens is 1. The van der Waals surface area contributed by atoms with E-state index < -0.39 is 0 Å². The van der Waals surface area contributed by atoms with E-state index in [9.17, 15) is 0 Å². The smallest absolute Gasteiger partial charge is 0.160 e. The van der Waals surface area contributed by atoms with Gasteiger partial charge in [-0.15, -0.1) is 11.6 Å². The van der Waals surface area contributed by atoms with Crippen molar-refractivity contribution in [3.63, 3.8) is 0 Å². The van der Waals surface area contributed by atoms with Gasteiger partial charge in [0.1, 0.15) is 11.3 Å². The van der Waals surface area contributed by atoms with Crippen molar-refractivity contribution < 1.29 is 0 Å². The van der Waals surface area contributed by atoms with Crippen LogP contribution in [0.15, 0.2) is 12.3 Å². The molecule has 1 unspecified atom stereocenters. The van der Waals surface area contributed by atoms with Crippen LogP contribution in [0.2, 0.25) is 0 Å². The molecule has 2 aromatic heterocycles. The lowest BCUT2D eigenvalue weighted by molar-refractivity contribution is 0.260. The Hall–Kier alpha value is -1.09. The molecular formula is C16H22ClN3. The summed E-state index contributed by atoms with van der Waals surface area (Å²) < 4.78 is 2.37. The van der Waals surface area contributed by atoms with Gasteiger partial charge >= 0.3 is 0 Å². The molecule has 0 aromatic carbocycles. The van der Waals surface area contributed by atoms with Crippen LogP contribution in [0.4, 0.5) is 0 Å². The van der Waals surface area contributed by atoms with Gasteiger partial charge in [0.15, 0.2) is 5.65 Å². The molecule has 0 radical (unpaired) electrons.